The maximum atomic E-state index is 4.43. The van der Waals surface area contributed by atoms with Gasteiger partial charge in [0.2, 0.25) is 0 Å². The predicted octanol–water partition coefficient (Wildman–Crippen LogP) is 3.72. The second-order valence-electron chi connectivity index (χ2n) is 4.16. The molecule has 0 fully saturated rings. The first-order chi connectivity index (χ1) is 7.60. The van der Waals surface area contributed by atoms with Gasteiger partial charge in [-0.25, -0.2) is 0 Å². The van der Waals surface area contributed by atoms with Gasteiger partial charge in [-0.15, -0.1) is 0 Å². The molecule has 16 heavy (non-hydrogen) atoms. The zero-order valence-electron chi connectivity index (χ0n) is 11.9. The van der Waals surface area contributed by atoms with Crippen molar-refractivity contribution in [1.29, 1.82) is 0 Å². The molecule has 0 aliphatic carbocycles. The molecule has 0 amide bonds. The first kappa shape index (κ1) is 15.8. The third-order valence-corrected chi connectivity index (χ3v) is 10.4. The van der Waals surface area contributed by atoms with Crippen molar-refractivity contribution in [2.24, 2.45) is 4.99 Å². The summed E-state index contributed by atoms with van der Waals surface area (Å²) in [4.78, 5) is 7.22. The van der Waals surface area contributed by atoms with Crippen molar-refractivity contribution in [1.82, 2.24) is 3.61 Å². The van der Waals surface area contributed by atoms with E-state index in [1.54, 1.807) is 0 Å². The fraction of sp³-hybridized carbons (Fsp3) is 0.769. The molecule has 0 aliphatic rings. The Morgan fingerprint density at radius 1 is 1.12 bits per heavy atom. The van der Waals surface area contributed by atoms with Crippen LogP contribution in [0.15, 0.2) is 16.8 Å². The van der Waals surface area contributed by atoms with Crippen LogP contribution < -0.4 is 0 Å². The van der Waals surface area contributed by atoms with E-state index in [-0.39, 0.29) is 0 Å². The maximum absolute atomic E-state index is 4.43. The normalized spacial score (nSPS) is 12.9. The summed E-state index contributed by atoms with van der Waals surface area (Å²) in [6.07, 6.45) is 2.25. The first-order valence-corrected chi connectivity index (χ1v) is 11.1. The Morgan fingerprint density at radius 2 is 1.69 bits per heavy atom. The Morgan fingerprint density at radius 3 is 2.06 bits per heavy atom. The summed E-state index contributed by atoms with van der Waals surface area (Å²) >= 11 is -1.22. The third kappa shape index (κ3) is 5.26. The van der Waals surface area contributed by atoms with E-state index in [1.165, 1.54) is 15.6 Å². The van der Waals surface area contributed by atoms with Crippen molar-refractivity contribution >= 4 is 22.2 Å². The molecule has 3 heteroatoms. The van der Waals surface area contributed by atoms with Crippen LogP contribution in [0.1, 0.15) is 41.5 Å². The van der Waals surface area contributed by atoms with Crippen molar-refractivity contribution in [3.05, 3.63) is 11.8 Å². The Balaban J connectivity index is 4.75. The first-order valence-electron chi connectivity index (χ1n) is 6.56. The van der Waals surface area contributed by atoms with Crippen molar-refractivity contribution in [2.75, 3.05) is 13.1 Å². The number of allylic oxidation sites excluding steroid dienone is 2. The van der Waals surface area contributed by atoms with E-state index in [2.05, 4.69) is 56.2 Å². The average Bonchev–Trinajstić information content (AvgIpc) is 2.25. The molecule has 0 aromatic carbocycles. The van der Waals surface area contributed by atoms with E-state index in [0.717, 1.165) is 18.8 Å². The zero-order chi connectivity index (χ0) is 12.6. The van der Waals surface area contributed by atoms with Gasteiger partial charge >= 0.3 is 107 Å². The van der Waals surface area contributed by atoms with Gasteiger partial charge in [0, 0.05) is 0 Å². The number of hydrogen-bond donors (Lipinski definition) is 0. The molecule has 0 radical (unpaired) electrons. The van der Waals surface area contributed by atoms with E-state index < -0.39 is 16.5 Å². The second kappa shape index (κ2) is 8.94. The minimum absolute atomic E-state index is 0.883. The van der Waals surface area contributed by atoms with Gasteiger partial charge in [0.15, 0.2) is 0 Å². The van der Waals surface area contributed by atoms with Crippen LogP contribution >= 0.6 is 0 Å². The molecule has 2 nitrogen and oxygen atoms in total. The molecule has 0 rings (SSSR count). The number of nitrogens with zero attached hydrogens (tertiary/aromatic N) is 2. The van der Waals surface area contributed by atoms with Crippen LogP contribution in [-0.2, 0) is 0 Å². The molecular weight excluding hydrogens is 254 g/mol. The summed E-state index contributed by atoms with van der Waals surface area (Å²) in [7, 11) is 0. The molecule has 0 atom stereocenters. The van der Waals surface area contributed by atoms with Crippen molar-refractivity contribution < 1.29 is 0 Å². The standard InChI is InChI=1S/C9H17N2.2C2H5.Ga/c1-5-10-8(3)7-9(4)11-6-2;2*1-2;/h7H,5-6H2,1-4H3;2*1H2,2H3;/q-1;;;+1/b8-7-,11-9?;;;. The van der Waals surface area contributed by atoms with Crippen LogP contribution in [-0.4, -0.2) is 38.9 Å². The van der Waals surface area contributed by atoms with Crippen LogP contribution in [0.4, 0.5) is 0 Å². The van der Waals surface area contributed by atoms with Gasteiger partial charge in [-0.3, -0.25) is 0 Å². The average molecular weight is 281 g/mol. The second-order valence-corrected chi connectivity index (χ2v) is 11.6. The van der Waals surface area contributed by atoms with E-state index in [9.17, 15) is 0 Å². The van der Waals surface area contributed by atoms with Crippen molar-refractivity contribution in [3.8, 4) is 0 Å². The molecule has 0 aromatic rings. The van der Waals surface area contributed by atoms with E-state index in [4.69, 9.17) is 0 Å². The molecule has 0 N–H and O–H groups in total. The van der Waals surface area contributed by atoms with Gasteiger partial charge < -0.3 is 0 Å². The Labute approximate surface area is 107 Å². The zero-order valence-corrected chi connectivity index (χ0v) is 14.3. The number of rotatable bonds is 7. The SMILES string of the molecule is CCN=C(C)/C=C(/C)[N](CC)[Ga]([CH2]C)[CH2]C. The summed E-state index contributed by atoms with van der Waals surface area (Å²) in [5.41, 5.74) is 2.58. The summed E-state index contributed by atoms with van der Waals surface area (Å²) in [5.74, 6) is 0. The molecule has 0 saturated carbocycles. The summed E-state index contributed by atoms with van der Waals surface area (Å²) in [6, 6.07) is 0. The van der Waals surface area contributed by atoms with E-state index >= 15 is 0 Å². The van der Waals surface area contributed by atoms with Gasteiger partial charge in [0.25, 0.3) is 0 Å². The summed E-state index contributed by atoms with van der Waals surface area (Å²) < 4.78 is 2.67. The molecule has 0 heterocycles. The van der Waals surface area contributed by atoms with Crippen LogP contribution in [0.5, 0.6) is 0 Å². The Hall–Kier alpha value is -0.154. The monoisotopic (exact) mass is 280 g/mol. The molecule has 0 saturated heterocycles. The minimum atomic E-state index is -1.22. The molecule has 0 bridgehead atoms. The van der Waals surface area contributed by atoms with Gasteiger partial charge in [0.1, 0.15) is 0 Å². The molecule has 0 spiro atoms. The molecular formula is C13H27GaN2. The van der Waals surface area contributed by atoms with Gasteiger partial charge in [-0.2, -0.15) is 0 Å². The summed E-state index contributed by atoms with van der Waals surface area (Å²) in [5, 5.41) is 0. The van der Waals surface area contributed by atoms with Crippen LogP contribution in [0, 0.1) is 0 Å². The third-order valence-electron chi connectivity index (χ3n) is 3.00. The predicted molar refractivity (Wildman–Crippen MR) is 76.5 cm³/mol. The van der Waals surface area contributed by atoms with Crippen LogP contribution in [0.2, 0.25) is 9.95 Å². The van der Waals surface area contributed by atoms with Gasteiger partial charge in [0.05, 0.1) is 0 Å². The van der Waals surface area contributed by atoms with Gasteiger partial charge in [-0.1, -0.05) is 0 Å². The van der Waals surface area contributed by atoms with Crippen LogP contribution in [0.25, 0.3) is 0 Å². The number of hydrogen-bond acceptors (Lipinski definition) is 2. The van der Waals surface area contributed by atoms with E-state index in [0.29, 0.717) is 0 Å². The fourth-order valence-corrected chi connectivity index (χ4v) is 7.71. The van der Waals surface area contributed by atoms with E-state index in [1.807, 2.05) is 0 Å². The Kier molecular flexibility index (Phi) is 8.85. The molecule has 0 aliphatic heterocycles. The topological polar surface area (TPSA) is 15.6 Å². The summed E-state index contributed by atoms with van der Waals surface area (Å²) in [6.45, 7) is 15.4. The quantitative estimate of drug-likeness (QED) is 0.513. The van der Waals surface area contributed by atoms with Crippen LogP contribution in [0.3, 0.4) is 0 Å². The molecule has 0 unspecified atom stereocenters. The Bertz CT molecular complexity index is 242. The number of aliphatic imine (C=N–C) groups is 1. The van der Waals surface area contributed by atoms with Crippen molar-refractivity contribution in [2.45, 2.75) is 51.5 Å². The molecule has 0 aromatic heterocycles. The van der Waals surface area contributed by atoms with Crippen molar-refractivity contribution in [3.63, 3.8) is 0 Å². The fourth-order valence-electron chi connectivity index (χ4n) is 2.21. The molecule has 92 valence electrons. The van der Waals surface area contributed by atoms with Gasteiger partial charge in [-0.05, 0) is 0 Å².